The Morgan fingerprint density at radius 3 is 2.53 bits per heavy atom. The second-order valence-corrected chi connectivity index (χ2v) is 5.17. The summed E-state index contributed by atoms with van der Waals surface area (Å²) >= 11 is 4.07. The van der Waals surface area contributed by atoms with Gasteiger partial charge >= 0.3 is 0 Å². The minimum absolute atomic E-state index is 0.0266. The quantitative estimate of drug-likeness (QED) is 0.832. The van der Waals surface area contributed by atoms with Crippen LogP contribution in [0.15, 0.2) is 24.3 Å². The maximum atomic E-state index is 13.0. The molecular formula is C14H18FNO2S. The van der Waals surface area contributed by atoms with Crippen molar-refractivity contribution in [2.24, 2.45) is 0 Å². The molecule has 1 heterocycles. The van der Waals surface area contributed by atoms with E-state index < -0.39 is 5.54 Å². The van der Waals surface area contributed by atoms with Gasteiger partial charge in [0.25, 0.3) is 0 Å². The number of amides is 1. The molecule has 0 aromatic heterocycles. The van der Waals surface area contributed by atoms with E-state index in [-0.39, 0.29) is 11.7 Å². The molecule has 1 saturated heterocycles. The van der Waals surface area contributed by atoms with Gasteiger partial charge in [0.1, 0.15) is 5.82 Å². The minimum atomic E-state index is -0.439. The Morgan fingerprint density at radius 2 is 1.95 bits per heavy atom. The summed E-state index contributed by atoms with van der Waals surface area (Å²) in [6.45, 7) is 1.19. The molecule has 0 radical (unpaired) electrons. The first-order valence-electron chi connectivity index (χ1n) is 6.42. The van der Waals surface area contributed by atoms with E-state index in [1.807, 2.05) is 0 Å². The van der Waals surface area contributed by atoms with Crippen LogP contribution in [0.25, 0.3) is 0 Å². The van der Waals surface area contributed by atoms with Gasteiger partial charge in [0, 0.05) is 19.6 Å². The normalized spacial score (nSPS) is 18.0. The van der Waals surface area contributed by atoms with Crippen molar-refractivity contribution in [3.63, 3.8) is 0 Å². The van der Waals surface area contributed by atoms with Crippen molar-refractivity contribution in [1.29, 1.82) is 0 Å². The number of ether oxygens (including phenoxy) is 1. The summed E-state index contributed by atoms with van der Waals surface area (Å²) < 4.78 is 18.4. The molecule has 1 N–H and O–H groups in total. The van der Waals surface area contributed by atoms with Crippen molar-refractivity contribution in [1.82, 2.24) is 5.32 Å². The lowest BCUT2D eigenvalue weighted by Gasteiger charge is -2.38. The monoisotopic (exact) mass is 283 g/mol. The van der Waals surface area contributed by atoms with Crippen LogP contribution in [0.2, 0.25) is 0 Å². The van der Waals surface area contributed by atoms with E-state index in [1.165, 1.54) is 12.1 Å². The van der Waals surface area contributed by atoms with Gasteiger partial charge in [-0.05, 0) is 36.3 Å². The Bertz CT molecular complexity index is 430. The molecule has 0 saturated carbocycles. The van der Waals surface area contributed by atoms with Crippen LogP contribution in [0.1, 0.15) is 24.8 Å². The van der Waals surface area contributed by atoms with E-state index in [0.29, 0.717) is 38.2 Å². The summed E-state index contributed by atoms with van der Waals surface area (Å²) in [4.78, 5) is 11.9. The van der Waals surface area contributed by atoms with Crippen LogP contribution in [-0.4, -0.2) is 24.9 Å². The molecule has 1 aromatic rings. The predicted octanol–water partition coefficient (Wildman–Crippen LogP) is 2.27. The van der Waals surface area contributed by atoms with Gasteiger partial charge < -0.3 is 10.1 Å². The maximum absolute atomic E-state index is 13.0. The van der Waals surface area contributed by atoms with E-state index in [4.69, 9.17) is 4.74 Å². The first-order valence-corrected chi connectivity index (χ1v) is 7.05. The summed E-state index contributed by atoms with van der Waals surface area (Å²) in [6.07, 6.45) is 1.79. The van der Waals surface area contributed by atoms with Gasteiger partial charge in [-0.3, -0.25) is 4.79 Å². The average Bonchev–Trinajstić information content (AvgIpc) is 2.40. The smallest absolute Gasteiger partial charge is 0.221 e. The molecule has 0 unspecified atom stereocenters. The number of halogens is 1. The molecule has 5 heteroatoms. The van der Waals surface area contributed by atoms with E-state index in [1.54, 1.807) is 12.1 Å². The number of carbonyl (C=O) groups excluding carboxylic acids is 1. The molecule has 1 fully saturated rings. The molecule has 3 nitrogen and oxygen atoms in total. The summed E-state index contributed by atoms with van der Waals surface area (Å²) in [7, 11) is 0. The summed E-state index contributed by atoms with van der Waals surface area (Å²) in [6, 6.07) is 6.33. The molecule has 1 aliphatic heterocycles. The van der Waals surface area contributed by atoms with E-state index in [9.17, 15) is 9.18 Å². The van der Waals surface area contributed by atoms with E-state index in [0.717, 1.165) is 5.56 Å². The second-order valence-electron chi connectivity index (χ2n) is 4.72. The van der Waals surface area contributed by atoms with Crippen LogP contribution >= 0.6 is 12.6 Å². The summed E-state index contributed by atoms with van der Waals surface area (Å²) in [5.74, 6) is 0.218. The highest BCUT2D eigenvalue weighted by molar-refractivity contribution is 7.80. The fraction of sp³-hybridized carbons (Fsp3) is 0.500. The number of benzene rings is 1. The van der Waals surface area contributed by atoms with Crippen LogP contribution in [0.4, 0.5) is 4.39 Å². The van der Waals surface area contributed by atoms with Gasteiger partial charge in [-0.1, -0.05) is 12.1 Å². The fourth-order valence-corrected chi connectivity index (χ4v) is 2.61. The zero-order chi connectivity index (χ0) is 13.7. The van der Waals surface area contributed by atoms with Gasteiger partial charge in [-0.15, -0.1) is 0 Å². The molecule has 2 rings (SSSR count). The lowest BCUT2D eigenvalue weighted by Crippen LogP contribution is -2.49. The van der Waals surface area contributed by atoms with Crippen LogP contribution in [-0.2, 0) is 15.1 Å². The van der Waals surface area contributed by atoms with Gasteiger partial charge in [0.05, 0.1) is 5.54 Å². The predicted molar refractivity (Wildman–Crippen MR) is 74.7 cm³/mol. The van der Waals surface area contributed by atoms with Gasteiger partial charge in [-0.2, -0.15) is 12.6 Å². The summed E-state index contributed by atoms with van der Waals surface area (Å²) in [5.41, 5.74) is 0.496. The highest BCUT2D eigenvalue weighted by atomic mass is 32.1. The maximum Gasteiger partial charge on any atom is 0.221 e. The first kappa shape index (κ1) is 14.3. The van der Waals surface area contributed by atoms with Crippen molar-refractivity contribution >= 4 is 18.5 Å². The highest BCUT2D eigenvalue weighted by Gasteiger charge is 2.35. The number of hydrogen-bond donors (Lipinski definition) is 2. The van der Waals surface area contributed by atoms with Crippen LogP contribution in [0.5, 0.6) is 0 Å². The SMILES string of the molecule is O=C(CCS)NC1(c2ccc(F)cc2)CCOCC1. The topological polar surface area (TPSA) is 38.3 Å². The zero-order valence-electron chi connectivity index (χ0n) is 10.7. The van der Waals surface area contributed by atoms with Crippen LogP contribution in [0.3, 0.4) is 0 Å². The molecule has 0 aliphatic carbocycles. The van der Waals surface area contributed by atoms with Gasteiger partial charge in [0.2, 0.25) is 5.91 Å². The molecular weight excluding hydrogens is 265 g/mol. The van der Waals surface area contributed by atoms with Crippen molar-refractivity contribution < 1.29 is 13.9 Å². The third-order valence-corrected chi connectivity index (χ3v) is 3.68. The fourth-order valence-electron chi connectivity index (χ4n) is 2.41. The summed E-state index contributed by atoms with van der Waals surface area (Å²) in [5, 5.41) is 3.08. The zero-order valence-corrected chi connectivity index (χ0v) is 11.6. The number of nitrogens with one attached hydrogen (secondary N) is 1. The molecule has 1 aromatic carbocycles. The van der Waals surface area contributed by atoms with E-state index in [2.05, 4.69) is 17.9 Å². The molecule has 104 valence electrons. The Balaban J connectivity index is 2.23. The lowest BCUT2D eigenvalue weighted by atomic mass is 9.82. The van der Waals surface area contributed by atoms with Crippen LogP contribution in [0, 0.1) is 5.82 Å². The highest BCUT2D eigenvalue weighted by Crippen LogP contribution is 2.32. The number of carbonyl (C=O) groups is 1. The Morgan fingerprint density at radius 1 is 1.32 bits per heavy atom. The standard InChI is InChI=1S/C14H18FNO2S/c15-12-3-1-11(2-4-12)14(6-8-18-9-7-14)16-13(17)5-10-19/h1-4,19H,5-10H2,(H,16,17). The molecule has 0 bridgehead atoms. The van der Waals surface area contributed by atoms with Crippen molar-refractivity contribution in [3.05, 3.63) is 35.6 Å². The van der Waals surface area contributed by atoms with Crippen molar-refractivity contribution in [2.45, 2.75) is 24.8 Å². The largest absolute Gasteiger partial charge is 0.381 e. The van der Waals surface area contributed by atoms with Crippen molar-refractivity contribution in [3.8, 4) is 0 Å². The first-order chi connectivity index (χ1) is 9.16. The number of rotatable bonds is 4. The second kappa shape index (κ2) is 6.39. The molecule has 0 atom stereocenters. The Kier molecular flexibility index (Phi) is 4.82. The minimum Gasteiger partial charge on any atom is -0.381 e. The molecule has 1 amide bonds. The number of thiol groups is 1. The van der Waals surface area contributed by atoms with Gasteiger partial charge in [0.15, 0.2) is 0 Å². The molecule has 19 heavy (non-hydrogen) atoms. The Hall–Kier alpha value is -1.07. The third-order valence-electron chi connectivity index (χ3n) is 3.46. The Labute approximate surface area is 117 Å². The van der Waals surface area contributed by atoms with Crippen LogP contribution < -0.4 is 5.32 Å². The molecule has 0 spiro atoms. The van der Waals surface area contributed by atoms with Gasteiger partial charge in [-0.25, -0.2) is 4.39 Å². The average molecular weight is 283 g/mol. The van der Waals surface area contributed by atoms with Crippen molar-refractivity contribution in [2.75, 3.05) is 19.0 Å². The van der Waals surface area contributed by atoms with E-state index >= 15 is 0 Å². The third kappa shape index (κ3) is 3.48. The molecule has 1 aliphatic rings. The lowest BCUT2D eigenvalue weighted by molar-refractivity contribution is -0.124. The number of hydrogen-bond acceptors (Lipinski definition) is 3.